The van der Waals surface area contributed by atoms with E-state index in [4.69, 9.17) is 10.2 Å². The summed E-state index contributed by atoms with van der Waals surface area (Å²) in [5, 5.41) is 3.33. The van der Waals surface area contributed by atoms with Crippen LogP contribution in [0.1, 0.15) is 42.0 Å². The fourth-order valence-corrected chi connectivity index (χ4v) is 5.03. The maximum Gasteiger partial charge on any atom is 0.284 e. The molecule has 0 spiro atoms. The van der Waals surface area contributed by atoms with Gasteiger partial charge in [0.25, 0.3) is 5.91 Å². The molecule has 3 N–H and O–H groups in total. The summed E-state index contributed by atoms with van der Waals surface area (Å²) >= 11 is 0. The van der Waals surface area contributed by atoms with Gasteiger partial charge in [0.2, 0.25) is 0 Å². The van der Waals surface area contributed by atoms with Gasteiger partial charge in [-0.2, -0.15) is 0 Å². The van der Waals surface area contributed by atoms with Gasteiger partial charge in [-0.3, -0.25) is 14.7 Å². The first-order chi connectivity index (χ1) is 12.6. The Bertz CT molecular complexity index is 683. The van der Waals surface area contributed by atoms with E-state index >= 15 is 0 Å². The van der Waals surface area contributed by atoms with Crippen LogP contribution >= 0.6 is 24.0 Å². The molecule has 3 aliphatic rings. The maximum absolute atomic E-state index is 11.1. The Kier molecular flexibility index (Phi) is 6.67. The maximum atomic E-state index is 11.1. The number of hydrogen-bond donors (Lipinski definition) is 2. The summed E-state index contributed by atoms with van der Waals surface area (Å²) in [6, 6.07) is 4.20. The van der Waals surface area contributed by atoms with Crippen molar-refractivity contribution in [3.8, 4) is 0 Å². The number of amides is 1. The van der Waals surface area contributed by atoms with Crippen LogP contribution in [0.2, 0.25) is 0 Å². The number of nitrogens with one attached hydrogen (secondary N) is 1. The zero-order chi connectivity index (χ0) is 18.1. The molecular formula is C19H30IN5O2. The van der Waals surface area contributed by atoms with Crippen LogP contribution in [-0.2, 0) is 6.54 Å². The summed E-state index contributed by atoms with van der Waals surface area (Å²) in [6.07, 6.45) is 5.78. The van der Waals surface area contributed by atoms with Gasteiger partial charge in [0.15, 0.2) is 11.7 Å². The van der Waals surface area contributed by atoms with Crippen molar-refractivity contribution in [2.45, 2.75) is 38.3 Å². The number of rotatable bonds is 4. The Labute approximate surface area is 177 Å². The topological polar surface area (TPSA) is 87.1 Å². The second kappa shape index (κ2) is 8.81. The number of carbonyl (C=O) groups is 1. The van der Waals surface area contributed by atoms with Gasteiger partial charge in [-0.05, 0) is 43.2 Å². The Morgan fingerprint density at radius 2 is 2.04 bits per heavy atom. The lowest BCUT2D eigenvalue weighted by Crippen LogP contribution is -2.55. The lowest BCUT2D eigenvalue weighted by Gasteiger charge is -2.41. The molecule has 0 aromatic carbocycles. The third-order valence-electron chi connectivity index (χ3n) is 6.32. The van der Waals surface area contributed by atoms with Crippen LogP contribution in [0, 0.1) is 11.8 Å². The molecular weight excluding hydrogens is 457 g/mol. The van der Waals surface area contributed by atoms with E-state index in [9.17, 15) is 4.79 Å². The highest BCUT2D eigenvalue weighted by atomic mass is 127. The van der Waals surface area contributed by atoms with E-state index in [1.54, 1.807) is 12.1 Å². The lowest BCUT2D eigenvalue weighted by molar-refractivity contribution is 0.0956. The molecule has 2 bridgehead atoms. The molecule has 3 atom stereocenters. The monoisotopic (exact) mass is 487 g/mol. The average molecular weight is 487 g/mol. The molecule has 7 nitrogen and oxygen atoms in total. The van der Waals surface area contributed by atoms with Gasteiger partial charge in [-0.25, -0.2) is 0 Å². The molecule has 2 saturated carbocycles. The molecule has 4 rings (SSSR count). The van der Waals surface area contributed by atoms with Crippen LogP contribution in [0.25, 0.3) is 0 Å². The molecule has 1 aromatic rings. The normalized spacial score (nSPS) is 28.3. The van der Waals surface area contributed by atoms with Crippen LogP contribution in [0.4, 0.5) is 0 Å². The number of furan rings is 1. The summed E-state index contributed by atoms with van der Waals surface area (Å²) < 4.78 is 5.42. The fourth-order valence-electron chi connectivity index (χ4n) is 5.03. The predicted molar refractivity (Wildman–Crippen MR) is 115 cm³/mol. The smallest absolute Gasteiger partial charge is 0.284 e. The van der Waals surface area contributed by atoms with Crippen molar-refractivity contribution >= 4 is 35.8 Å². The SMILES string of the molecule is CN=C(NCc1ccc(C(N)=O)o1)N1CCN(C2CC3CCC2C3)CC1.I. The summed E-state index contributed by atoms with van der Waals surface area (Å²) in [5.74, 6) is 3.15. The first-order valence-electron chi connectivity index (χ1n) is 9.72. The van der Waals surface area contributed by atoms with E-state index in [1.807, 2.05) is 7.05 Å². The molecule has 1 amide bonds. The molecule has 2 heterocycles. The standard InChI is InChI=1S/C19H29N5O2.HI/c1-21-19(22-12-15-4-5-17(26-15)18(20)25)24-8-6-23(7-9-24)16-11-13-2-3-14(16)10-13;/h4-5,13-14,16H,2-3,6-12H2,1H3,(H2,20,25)(H,21,22);1H. The van der Waals surface area contributed by atoms with E-state index in [-0.39, 0.29) is 29.7 Å². The highest BCUT2D eigenvalue weighted by molar-refractivity contribution is 14.0. The molecule has 8 heteroatoms. The minimum absolute atomic E-state index is 0. The van der Waals surface area contributed by atoms with Crippen LogP contribution < -0.4 is 11.1 Å². The number of halogens is 1. The average Bonchev–Trinajstić information content (AvgIpc) is 3.39. The molecule has 1 aromatic heterocycles. The van der Waals surface area contributed by atoms with Gasteiger partial charge >= 0.3 is 0 Å². The van der Waals surface area contributed by atoms with Crippen LogP contribution in [-0.4, -0.2) is 60.9 Å². The Morgan fingerprint density at radius 3 is 2.59 bits per heavy atom. The van der Waals surface area contributed by atoms with Crippen molar-refractivity contribution in [1.29, 1.82) is 0 Å². The quantitative estimate of drug-likeness (QED) is 0.385. The highest BCUT2D eigenvalue weighted by Crippen LogP contribution is 2.46. The van der Waals surface area contributed by atoms with Crippen molar-refractivity contribution in [2.24, 2.45) is 22.6 Å². The first-order valence-corrected chi connectivity index (χ1v) is 9.72. The van der Waals surface area contributed by atoms with E-state index in [1.165, 1.54) is 25.7 Å². The van der Waals surface area contributed by atoms with Gasteiger partial charge in [0.1, 0.15) is 5.76 Å². The number of guanidine groups is 1. The molecule has 0 radical (unpaired) electrons. The highest BCUT2D eigenvalue weighted by Gasteiger charge is 2.42. The molecule has 2 aliphatic carbocycles. The summed E-state index contributed by atoms with van der Waals surface area (Å²) in [4.78, 5) is 20.5. The number of nitrogens with two attached hydrogens (primary N) is 1. The second-order valence-electron chi connectivity index (χ2n) is 7.80. The van der Waals surface area contributed by atoms with Crippen molar-refractivity contribution in [2.75, 3.05) is 33.2 Å². The third kappa shape index (κ3) is 4.42. The molecule has 3 unspecified atom stereocenters. The van der Waals surface area contributed by atoms with Crippen molar-refractivity contribution in [3.63, 3.8) is 0 Å². The third-order valence-corrected chi connectivity index (χ3v) is 6.32. The summed E-state index contributed by atoms with van der Waals surface area (Å²) in [6.45, 7) is 4.71. The van der Waals surface area contributed by atoms with E-state index in [0.717, 1.165) is 50.0 Å². The minimum Gasteiger partial charge on any atom is -0.454 e. The molecule has 1 aliphatic heterocycles. The number of hydrogen-bond acceptors (Lipinski definition) is 4. The Balaban J connectivity index is 0.00000210. The summed E-state index contributed by atoms with van der Waals surface area (Å²) in [7, 11) is 1.81. The van der Waals surface area contributed by atoms with E-state index in [2.05, 4.69) is 20.1 Å². The Hall–Kier alpha value is -1.29. The Morgan fingerprint density at radius 1 is 1.26 bits per heavy atom. The zero-order valence-corrected chi connectivity index (χ0v) is 18.2. The number of aliphatic imine (C=N–C) groups is 1. The van der Waals surface area contributed by atoms with Crippen LogP contribution in [0.15, 0.2) is 21.5 Å². The number of fused-ring (bicyclic) bond motifs is 2. The van der Waals surface area contributed by atoms with Crippen molar-refractivity contribution in [1.82, 2.24) is 15.1 Å². The lowest BCUT2D eigenvalue weighted by atomic mass is 9.93. The van der Waals surface area contributed by atoms with Gasteiger partial charge < -0.3 is 20.4 Å². The minimum atomic E-state index is -0.544. The van der Waals surface area contributed by atoms with Gasteiger partial charge in [0, 0.05) is 39.3 Å². The van der Waals surface area contributed by atoms with Gasteiger partial charge in [-0.15, -0.1) is 24.0 Å². The number of nitrogens with zero attached hydrogens (tertiary/aromatic N) is 3. The van der Waals surface area contributed by atoms with Crippen LogP contribution in [0.5, 0.6) is 0 Å². The molecule has 150 valence electrons. The first kappa shape index (κ1) is 20.4. The van der Waals surface area contributed by atoms with Crippen LogP contribution in [0.3, 0.4) is 0 Å². The number of piperazine rings is 1. The fraction of sp³-hybridized carbons (Fsp3) is 0.684. The van der Waals surface area contributed by atoms with Gasteiger partial charge in [0.05, 0.1) is 6.54 Å². The molecule has 27 heavy (non-hydrogen) atoms. The zero-order valence-electron chi connectivity index (χ0n) is 15.9. The summed E-state index contributed by atoms with van der Waals surface area (Å²) in [5.41, 5.74) is 5.22. The number of carbonyl (C=O) groups excluding carboxylic acids is 1. The van der Waals surface area contributed by atoms with E-state index in [0.29, 0.717) is 12.3 Å². The molecule has 1 saturated heterocycles. The number of primary amides is 1. The predicted octanol–water partition coefficient (Wildman–Crippen LogP) is 1.88. The molecule has 3 fully saturated rings. The largest absolute Gasteiger partial charge is 0.454 e. The van der Waals surface area contributed by atoms with Gasteiger partial charge in [-0.1, -0.05) is 6.42 Å². The van der Waals surface area contributed by atoms with E-state index < -0.39 is 5.91 Å². The van der Waals surface area contributed by atoms with Crippen molar-refractivity contribution < 1.29 is 9.21 Å². The van der Waals surface area contributed by atoms with Crippen molar-refractivity contribution in [3.05, 3.63) is 23.7 Å². The second-order valence-corrected chi connectivity index (χ2v) is 7.80.